The third-order valence-corrected chi connectivity index (χ3v) is 3.90. The van der Waals surface area contributed by atoms with E-state index in [1.807, 2.05) is 43.3 Å². The van der Waals surface area contributed by atoms with Crippen LogP contribution in [0.3, 0.4) is 0 Å². The number of hydrogen-bond donors (Lipinski definition) is 1. The molecule has 1 amide bonds. The minimum Gasteiger partial charge on any atom is -0.305 e. The average molecular weight is 372 g/mol. The first-order valence-corrected chi connectivity index (χ1v) is 7.77. The zero-order valence-corrected chi connectivity index (χ0v) is 14.2. The molecule has 1 N–H and O–H groups in total. The quantitative estimate of drug-likeness (QED) is 0.766. The topological polar surface area (TPSA) is 72.7 Å². The van der Waals surface area contributed by atoms with E-state index in [1.54, 1.807) is 17.8 Å². The van der Waals surface area contributed by atoms with Gasteiger partial charge in [-0.15, -0.1) is 5.10 Å². The first kappa shape index (κ1) is 15.4. The van der Waals surface area contributed by atoms with Crippen molar-refractivity contribution in [1.82, 2.24) is 20.0 Å². The summed E-state index contributed by atoms with van der Waals surface area (Å²) in [5, 5.41) is 10.9. The van der Waals surface area contributed by atoms with Crippen LogP contribution in [0.25, 0.3) is 5.69 Å². The second-order valence-corrected chi connectivity index (χ2v) is 5.95. The lowest BCUT2D eigenvalue weighted by atomic mass is 10.2. The van der Waals surface area contributed by atoms with Crippen molar-refractivity contribution in [2.24, 2.45) is 0 Å². The fraction of sp³-hybridized carbons (Fsp3) is 0.125. The van der Waals surface area contributed by atoms with Gasteiger partial charge >= 0.3 is 0 Å². The van der Waals surface area contributed by atoms with Crippen LogP contribution >= 0.6 is 15.9 Å². The van der Waals surface area contributed by atoms with Crippen LogP contribution < -0.4 is 5.32 Å². The van der Waals surface area contributed by atoms with E-state index in [2.05, 4.69) is 36.5 Å². The normalized spacial score (nSPS) is 10.6. The highest BCUT2D eigenvalue weighted by Crippen LogP contribution is 2.18. The maximum absolute atomic E-state index is 12.4. The Kier molecular flexibility index (Phi) is 4.20. The maximum atomic E-state index is 12.4. The SMILES string of the molecule is Cc1cccnc1NC(=O)c1nnn(-c2cccc(Br)c2)c1C. The molecule has 0 aliphatic carbocycles. The van der Waals surface area contributed by atoms with Crippen molar-refractivity contribution in [3.8, 4) is 5.69 Å². The molecule has 3 rings (SSSR count). The molecule has 0 saturated heterocycles. The van der Waals surface area contributed by atoms with E-state index < -0.39 is 0 Å². The third-order valence-electron chi connectivity index (χ3n) is 3.40. The fourth-order valence-corrected chi connectivity index (χ4v) is 2.56. The van der Waals surface area contributed by atoms with Crippen LogP contribution in [-0.4, -0.2) is 25.9 Å². The highest BCUT2D eigenvalue weighted by molar-refractivity contribution is 9.10. The molecule has 6 nitrogen and oxygen atoms in total. The lowest BCUT2D eigenvalue weighted by Crippen LogP contribution is -2.15. The molecule has 3 aromatic rings. The first-order valence-electron chi connectivity index (χ1n) is 6.97. The molecule has 0 fully saturated rings. The van der Waals surface area contributed by atoms with Gasteiger partial charge in [-0.1, -0.05) is 33.3 Å². The number of anilines is 1. The van der Waals surface area contributed by atoms with Gasteiger partial charge in [-0.05, 0) is 43.7 Å². The molecule has 116 valence electrons. The second-order valence-electron chi connectivity index (χ2n) is 5.04. The van der Waals surface area contributed by atoms with Crippen molar-refractivity contribution in [2.75, 3.05) is 5.32 Å². The summed E-state index contributed by atoms with van der Waals surface area (Å²) >= 11 is 3.42. The van der Waals surface area contributed by atoms with Gasteiger partial charge in [-0.2, -0.15) is 0 Å². The highest BCUT2D eigenvalue weighted by Gasteiger charge is 2.18. The van der Waals surface area contributed by atoms with E-state index in [9.17, 15) is 4.79 Å². The van der Waals surface area contributed by atoms with E-state index in [0.717, 1.165) is 15.7 Å². The summed E-state index contributed by atoms with van der Waals surface area (Å²) in [4.78, 5) is 16.6. The number of pyridine rings is 1. The van der Waals surface area contributed by atoms with Crippen LogP contribution in [0.2, 0.25) is 0 Å². The minimum absolute atomic E-state index is 0.273. The number of aryl methyl sites for hydroxylation is 1. The van der Waals surface area contributed by atoms with Gasteiger partial charge in [0.1, 0.15) is 5.82 Å². The van der Waals surface area contributed by atoms with Crippen molar-refractivity contribution in [3.63, 3.8) is 0 Å². The molecule has 0 unspecified atom stereocenters. The second kappa shape index (κ2) is 6.29. The summed E-state index contributed by atoms with van der Waals surface area (Å²) in [7, 11) is 0. The Morgan fingerprint density at radius 2 is 2.04 bits per heavy atom. The predicted molar refractivity (Wildman–Crippen MR) is 90.7 cm³/mol. The Balaban J connectivity index is 1.90. The van der Waals surface area contributed by atoms with Crippen molar-refractivity contribution in [2.45, 2.75) is 13.8 Å². The molecular weight excluding hydrogens is 358 g/mol. The molecule has 0 radical (unpaired) electrons. The van der Waals surface area contributed by atoms with Crippen LogP contribution in [0.4, 0.5) is 5.82 Å². The smallest absolute Gasteiger partial charge is 0.279 e. The lowest BCUT2D eigenvalue weighted by molar-refractivity contribution is 0.102. The van der Waals surface area contributed by atoms with Gasteiger partial charge in [0.05, 0.1) is 11.4 Å². The van der Waals surface area contributed by atoms with Crippen molar-refractivity contribution >= 4 is 27.7 Å². The van der Waals surface area contributed by atoms with Crippen LogP contribution in [0.15, 0.2) is 47.1 Å². The number of benzene rings is 1. The van der Waals surface area contributed by atoms with Gasteiger partial charge in [-0.3, -0.25) is 4.79 Å². The summed E-state index contributed by atoms with van der Waals surface area (Å²) in [5.74, 6) is 0.194. The Morgan fingerprint density at radius 3 is 2.78 bits per heavy atom. The number of nitrogens with one attached hydrogen (secondary N) is 1. The summed E-state index contributed by atoms with van der Waals surface area (Å²) in [5.41, 5.74) is 2.65. The highest BCUT2D eigenvalue weighted by atomic mass is 79.9. The average Bonchev–Trinajstić information content (AvgIpc) is 2.91. The molecule has 0 aliphatic heterocycles. The van der Waals surface area contributed by atoms with E-state index in [-0.39, 0.29) is 11.6 Å². The fourth-order valence-electron chi connectivity index (χ4n) is 2.18. The Labute approximate surface area is 141 Å². The van der Waals surface area contributed by atoms with Crippen molar-refractivity contribution in [1.29, 1.82) is 0 Å². The number of halogens is 1. The Bertz CT molecular complexity index is 874. The standard InChI is InChI=1S/C16H14BrN5O/c1-10-5-4-8-18-15(10)19-16(23)14-11(2)22(21-20-14)13-7-3-6-12(17)9-13/h3-9H,1-2H3,(H,18,19,23). The van der Waals surface area contributed by atoms with Crippen LogP contribution in [-0.2, 0) is 0 Å². The molecule has 1 aromatic carbocycles. The molecule has 0 saturated carbocycles. The van der Waals surface area contributed by atoms with Gasteiger partial charge in [0, 0.05) is 10.7 Å². The van der Waals surface area contributed by atoms with E-state index in [0.29, 0.717) is 11.5 Å². The maximum Gasteiger partial charge on any atom is 0.279 e. The van der Waals surface area contributed by atoms with Crippen molar-refractivity contribution in [3.05, 3.63) is 64.0 Å². The van der Waals surface area contributed by atoms with Crippen LogP contribution in [0.1, 0.15) is 21.7 Å². The molecular formula is C16H14BrN5O. The third kappa shape index (κ3) is 3.14. The van der Waals surface area contributed by atoms with E-state index >= 15 is 0 Å². The number of aromatic nitrogens is 4. The van der Waals surface area contributed by atoms with Gasteiger partial charge in [0.2, 0.25) is 0 Å². The van der Waals surface area contributed by atoms with Gasteiger partial charge < -0.3 is 5.32 Å². The van der Waals surface area contributed by atoms with Gasteiger partial charge in [-0.25, -0.2) is 9.67 Å². The van der Waals surface area contributed by atoms with Crippen LogP contribution in [0.5, 0.6) is 0 Å². The molecule has 0 bridgehead atoms. The molecule has 0 atom stereocenters. The Morgan fingerprint density at radius 1 is 1.22 bits per heavy atom. The summed E-state index contributed by atoms with van der Waals surface area (Å²) in [6.45, 7) is 3.69. The number of carbonyl (C=O) groups is 1. The van der Waals surface area contributed by atoms with Gasteiger partial charge in [0.25, 0.3) is 5.91 Å². The summed E-state index contributed by atoms with van der Waals surface area (Å²) < 4.78 is 2.56. The molecule has 7 heteroatoms. The minimum atomic E-state index is -0.328. The Hall–Kier alpha value is -2.54. The largest absolute Gasteiger partial charge is 0.305 e. The number of hydrogen-bond acceptors (Lipinski definition) is 4. The predicted octanol–water partition coefficient (Wildman–Crippen LogP) is 3.29. The van der Waals surface area contributed by atoms with Crippen molar-refractivity contribution < 1.29 is 4.79 Å². The summed E-state index contributed by atoms with van der Waals surface area (Å²) in [6, 6.07) is 11.3. The number of rotatable bonds is 3. The number of nitrogens with zero attached hydrogens (tertiary/aromatic N) is 4. The molecule has 0 spiro atoms. The van der Waals surface area contributed by atoms with Gasteiger partial charge in [0.15, 0.2) is 5.69 Å². The van der Waals surface area contributed by atoms with E-state index in [1.165, 1.54) is 0 Å². The summed E-state index contributed by atoms with van der Waals surface area (Å²) in [6.07, 6.45) is 1.63. The first-order chi connectivity index (χ1) is 11.1. The molecule has 23 heavy (non-hydrogen) atoms. The van der Waals surface area contributed by atoms with Crippen LogP contribution in [0, 0.1) is 13.8 Å². The van der Waals surface area contributed by atoms with E-state index in [4.69, 9.17) is 0 Å². The zero-order chi connectivity index (χ0) is 16.4. The molecule has 2 heterocycles. The molecule has 0 aliphatic rings. The number of carbonyl (C=O) groups excluding carboxylic acids is 1. The zero-order valence-electron chi connectivity index (χ0n) is 12.6. The molecule has 2 aromatic heterocycles. The monoisotopic (exact) mass is 371 g/mol. The lowest BCUT2D eigenvalue weighted by Gasteiger charge is -2.06. The number of amides is 1.